The van der Waals surface area contributed by atoms with Gasteiger partial charge < -0.3 is 19.8 Å². The topological polar surface area (TPSA) is 87.1 Å². The molecule has 2 N–H and O–H groups in total. The number of carboxylic acid groups (broad SMARTS) is 1. The minimum absolute atomic E-state index is 0.0903. The van der Waals surface area contributed by atoms with Crippen molar-refractivity contribution in [3.63, 3.8) is 0 Å². The van der Waals surface area contributed by atoms with Crippen LogP contribution in [0.4, 0.5) is 4.79 Å². The van der Waals surface area contributed by atoms with Crippen molar-refractivity contribution < 1.29 is 24.5 Å². The maximum atomic E-state index is 11.6. The van der Waals surface area contributed by atoms with E-state index in [0.717, 1.165) is 6.42 Å². The number of amides is 1. The first kappa shape index (κ1) is 13.8. The maximum absolute atomic E-state index is 11.6. The Bertz CT molecular complexity index is 281. The minimum atomic E-state index is -1.00. The summed E-state index contributed by atoms with van der Waals surface area (Å²) < 4.78 is 4.71. The van der Waals surface area contributed by atoms with Crippen LogP contribution in [-0.2, 0) is 9.53 Å². The Morgan fingerprint density at radius 2 is 2.18 bits per heavy atom. The molecule has 1 saturated heterocycles. The Kier molecular flexibility index (Phi) is 5.21. The van der Waals surface area contributed by atoms with Gasteiger partial charge in [-0.1, -0.05) is 0 Å². The molecule has 6 nitrogen and oxygen atoms in total. The Morgan fingerprint density at radius 3 is 2.71 bits per heavy atom. The van der Waals surface area contributed by atoms with Gasteiger partial charge in [-0.3, -0.25) is 4.79 Å². The highest BCUT2D eigenvalue weighted by Gasteiger charge is 2.36. The van der Waals surface area contributed by atoms with Crippen molar-refractivity contribution in [2.45, 2.75) is 19.3 Å². The molecule has 0 radical (unpaired) electrons. The second-order valence-electron chi connectivity index (χ2n) is 4.27. The summed E-state index contributed by atoms with van der Waals surface area (Å²) in [7, 11) is 1.31. The number of nitrogens with zero attached hydrogens (tertiary/aromatic N) is 1. The molecule has 6 heteroatoms. The third-order valence-corrected chi connectivity index (χ3v) is 3.26. The molecule has 1 aliphatic rings. The number of likely N-dealkylation sites (tertiary alicyclic amines) is 1. The van der Waals surface area contributed by atoms with Crippen molar-refractivity contribution in [3.05, 3.63) is 0 Å². The first-order valence-corrected chi connectivity index (χ1v) is 5.76. The first-order chi connectivity index (χ1) is 8.10. The summed E-state index contributed by atoms with van der Waals surface area (Å²) in [5.74, 6) is -0.666. The third kappa shape index (κ3) is 3.59. The molecule has 0 aromatic rings. The minimum Gasteiger partial charge on any atom is -0.469 e. The molecule has 1 heterocycles. The highest BCUT2D eigenvalue weighted by atomic mass is 16.5. The van der Waals surface area contributed by atoms with Crippen LogP contribution in [0.5, 0.6) is 0 Å². The number of carbonyl (C=O) groups excluding carboxylic acids is 1. The molecule has 2 unspecified atom stereocenters. The molecule has 0 spiro atoms. The van der Waals surface area contributed by atoms with Gasteiger partial charge in [-0.15, -0.1) is 0 Å². The van der Waals surface area contributed by atoms with E-state index < -0.39 is 12.0 Å². The van der Waals surface area contributed by atoms with Crippen molar-refractivity contribution in [1.82, 2.24) is 4.90 Å². The average molecular weight is 245 g/mol. The van der Waals surface area contributed by atoms with Crippen LogP contribution in [0.15, 0.2) is 0 Å². The number of hydrogen-bond donors (Lipinski definition) is 2. The molecule has 2 atom stereocenters. The van der Waals surface area contributed by atoms with Gasteiger partial charge in [-0.25, -0.2) is 4.79 Å². The van der Waals surface area contributed by atoms with Crippen LogP contribution < -0.4 is 0 Å². The number of hydrogen-bond acceptors (Lipinski definition) is 4. The van der Waals surface area contributed by atoms with Gasteiger partial charge in [-0.2, -0.15) is 0 Å². The second kappa shape index (κ2) is 6.44. The predicted octanol–water partition coefficient (Wildman–Crippen LogP) is 0.548. The highest BCUT2D eigenvalue weighted by Crippen LogP contribution is 2.28. The van der Waals surface area contributed by atoms with Crippen LogP contribution in [0, 0.1) is 11.8 Å². The van der Waals surface area contributed by atoms with Gasteiger partial charge in [0.15, 0.2) is 0 Å². The Hall–Kier alpha value is -1.30. The lowest BCUT2D eigenvalue weighted by Crippen LogP contribution is -2.46. The van der Waals surface area contributed by atoms with Crippen LogP contribution in [0.25, 0.3) is 0 Å². The quantitative estimate of drug-likeness (QED) is 0.706. The van der Waals surface area contributed by atoms with Crippen LogP contribution in [-0.4, -0.2) is 54.0 Å². The maximum Gasteiger partial charge on any atom is 0.407 e. The van der Waals surface area contributed by atoms with Gasteiger partial charge in [-0.05, 0) is 25.2 Å². The largest absolute Gasteiger partial charge is 0.469 e. The zero-order chi connectivity index (χ0) is 12.8. The SMILES string of the molecule is COC(=O)C1CN(C(=O)O)CCC1CCCO. The summed E-state index contributed by atoms with van der Waals surface area (Å²) >= 11 is 0. The first-order valence-electron chi connectivity index (χ1n) is 5.76. The fourth-order valence-corrected chi connectivity index (χ4v) is 2.29. The molecule has 0 aliphatic carbocycles. The van der Waals surface area contributed by atoms with Crippen LogP contribution in [0.2, 0.25) is 0 Å². The molecule has 17 heavy (non-hydrogen) atoms. The van der Waals surface area contributed by atoms with Gasteiger partial charge in [0.2, 0.25) is 0 Å². The van der Waals surface area contributed by atoms with Gasteiger partial charge >= 0.3 is 12.1 Å². The van der Waals surface area contributed by atoms with Gasteiger partial charge in [0.1, 0.15) is 0 Å². The fraction of sp³-hybridized carbons (Fsp3) is 0.818. The number of methoxy groups -OCH3 is 1. The number of aliphatic hydroxyl groups excluding tert-OH is 1. The van der Waals surface area contributed by atoms with E-state index in [-0.39, 0.29) is 25.0 Å². The summed E-state index contributed by atoms with van der Waals surface area (Å²) in [6, 6.07) is 0. The predicted molar refractivity (Wildman–Crippen MR) is 59.5 cm³/mol. The van der Waals surface area contributed by atoms with E-state index in [1.54, 1.807) is 0 Å². The van der Waals surface area contributed by atoms with Gasteiger partial charge in [0, 0.05) is 19.7 Å². The lowest BCUT2D eigenvalue weighted by Gasteiger charge is -2.35. The average Bonchev–Trinajstić information content (AvgIpc) is 2.35. The Morgan fingerprint density at radius 1 is 1.47 bits per heavy atom. The lowest BCUT2D eigenvalue weighted by atomic mass is 9.82. The number of carbonyl (C=O) groups is 2. The summed E-state index contributed by atoms with van der Waals surface area (Å²) in [5.41, 5.74) is 0. The summed E-state index contributed by atoms with van der Waals surface area (Å²) in [6.45, 7) is 0.726. The molecule has 1 fully saturated rings. The van der Waals surface area contributed by atoms with Gasteiger partial charge in [0.05, 0.1) is 13.0 Å². The number of piperidine rings is 1. The van der Waals surface area contributed by atoms with Crippen molar-refractivity contribution in [1.29, 1.82) is 0 Å². The van der Waals surface area contributed by atoms with E-state index >= 15 is 0 Å². The molecule has 1 aliphatic heterocycles. The molecule has 0 saturated carbocycles. The van der Waals surface area contributed by atoms with Crippen molar-refractivity contribution in [2.24, 2.45) is 11.8 Å². The van der Waals surface area contributed by atoms with Crippen molar-refractivity contribution in [2.75, 3.05) is 26.8 Å². The third-order valence-electron chi connectivity index (χ3n) is 3.26. The standard InChI is InChI=1S/C11H19NO5/c1-17-10(14)9-7-12(11(15)16)5-4-8(9)3-2-6-13/h8-9,13H,2-7H2,1H3,(H,15,16). The van der Waals surface area contributed by atoms with Crippen molar-refractivity contribution >= 4 is 12.1 Å². The molecule has 0 bridgehead atoms. The van der Waals surface area contributed by atoms with E-state index in [2.05, 4.69) is 0 Å². The van der Waals surface area contributed by atoms with Crippen LogP contribution >= 0.6 is 0 Å². The zero-order valence-electron chi connectivity index (χ0n) is 9.96. The van der Waals surface area contributed by atoms with Crippen LogP contribution in [0.1, 0.15) is 19.3 Å². The van der Waals surface area contributed by atoms with E-state index in [1.807, 2.05) is 0 Å². The summed E-state index contributed by atoms with van der Waals surface area (Å²) in [4.78, 5) is 23.7. The number of aliphatic hydroxyl groups is 1. The van der Waals surface area contributed by atoms with E-state index in [0.29, 0.717) is 19.4 Å². The number of ether oxygens (including phenoxy) is 1. The van der Waals surface area contributed by atoms with Crippen molar-refractivity contribution in [3.8, 4) is 0 Å². The lowest BCUT2D eigenvalue weighted by molar-refractivity contribution is -0.149. The molecule has 0 aromatic heterocycles. The summed E-state index contributed by atoms with van der Waals surface area (Å²) in [6.07, 6.45) is 1.00. The Balaban J connectivity index is 2.65. The zero-order valence-corrected chi connectivity index (χ0v) is 9.96. The summed E-state index contributed by atoms with van der Waals surface area (Å²) in [5, 5.41) is 17.7. The molecular formula is C11H19NO5. The molecule has 1 amide bonds. The normalized spacial score (nSPS) is 24.5. The van der Waals surface area contributed by atoms with E-state index in [1.165, 1.54) is 12.0 Å². The monoisotopic (exact) mass is 245 g/mol. The number of esters is 1. The Labute approximate surface area is 100 Å². The molecule has 1 rings (SSSR count). The molecule has 98 valence electrons. The second-order valence-corrected chi connectivity index (χ2v) is 4.27. The van der Waals surface area contributed by atoms with E-state index in [9.17, 15) is 9.59 Å². The van der Waals surface area contributed by atoms with E-state index in [4.69, 9.17) is 14.9 Å². The molecule has 0 aromatic carbocycles. The fourth-order valence-electron chi connectivity index (χ4n) is 2.29. The van der Waals surface area contributed by atoms with Crippen LogP contribution in [0.3, 0.4) is 0 Å². The molecular weight excluding hydrogens is 226 g/mol. The number of rotatable bonds is 4. The van der Waals surface area contributed by atoms with Gasteiger partial charge in [0.25, 0.3) is 0 Å². The smallest absolute Gasteiger partial charge is 0.407 e. The highest BCUT2D eigenvalue weighted by molar-refractivity contribution is 5.74.